The summed E-state index contributed by atoms with van der Waals surface area (Å²) >= 11 is 0. The fraction of sp³-hybridized carbons (Fsp3) is 0.857. The third-order valence-corrected chi connectivity index (χ3v) is 4.57. The number of fused-ring (bicyclic) bond motifs is 1. The van der Waals surface area contributed by atoms with Gasteiger partial charge < -0.3 is 14.6 Å². The van der Waals surface area contributed by atoms with Crippen molar-refractivity contribution in [3.8, 4) is 0 Å². The van der Waals surface area contributed by atoms with E-state index in [4.69, 9.17) is 0 Å². The Balaban J connectivity index is 1.73. The van der Waals surface area contributed by atoms with Gasteiger partial charge in [-0.2, -0.15) is 0 Å². The van der Waals surface area contributed by atoms with E-state index in [2.05, 4.69) is 26.7 Å². The van der Waals surface area contributed by atoms with E-state index in [0.29, 0.717) is 5.92 Å². The standard InChI is InChI=1S/C14H24N4O/c1-17-6-2-4-11(9-17)8-13-15-16-14-12(10-19)5-3-7-18(13)14/h11-12,19H,2-10H2,1H3. The van der Waals surface area contributed by atoms with Gasteiger partial charge in [-0.15, -0.1) is 10.2 Å². The Bertz CT molecular complexity index is 431. The van der Waals surface area contributed by atoms with Gasteiger partial charge in [0.05, 0.1) is 6.61 Å². The molecule has 0 aromatic carbocycles. The summed E-state index contributed by atoms with van der Waals surface area (Å²) in [5.41, 5.74) is 0. The second-order valence-corrected chi connectivity index (χ2v) is 6.12. The van der Waals surface area contributed by atoms with Crippen molar-refractivity contribution >= 4 is 0 Å². The van der Waals surface area contributed by atoms with Crippen molar-refractivity contribution in [2.24, 2.45) is 5.92 Å². The van der Waals surface area contributed by atoms with Gasteiger partial charge in [-0.05, 0) is 45.2 Å². The van der Waals surface area contributed by atoms with Crippen molar-refractivity contribution < 1.29 is 5.11 Å². The molecule has 1 saturated heterocycles. The lowest BCUT2D eigenvalue weighted by Gasteiger charge is -2.30. The summed E-state index contributed by atoms with van der Waals surface area (Å²) in [5, 5.41) is 18.1. The van der Waals surface area contributed by atoms with E-state index >= 15 is 0 Å². The second-order valence-electron chi connectivity index (χ2n) is 6.12. The summed E-state index contributed by atoms with van der Waals surface area (Å²) in [7, 11) is 2.20. The maximum atomic E-state index is 9.42. The van der Waals surface area contributed by atoms with Crippen LogP contribution in [0.1, 0.15) is 43.3 Å². The second kappa shape index (κ2) is 5.59. The van der Waals surface area contributed by atoms with Crippen LogP contribution in [0.3, 0.4) is 0 Å². The Hall–Kier alpha value is -0.940. The van der Waals surface area contributed by atoms with Crippen molar-refractivity contribution in [2.75, 3.05) is 26.7 Å². The predicted molar refractivity (Wildman–Crippen MR) is 73.0 cm³/mol. The number of piperidine rings is 1. The van der Waals surface area contributed by atoms with Gasteiger partial charge in [0, 0.05) is 25.4 Å². The van der Waals surface area contributed by atoms with Crippen LogP contribution in [0.5, 0.6) is 0 Å². The maximum absolute atomic E-state index is 9.42. The van der Waals surface area contributed by atoms with E-state index in [1.807, 2.05) is 0 Å². The number of aliphatic hydroxyl groups is 1. The van der Waals surface area contributed by atoms with Crippen LogP contribution in [0, 0.1) is 5.92 Å². The molecule has 3 rings (SSSR count). The third-order valence-electron chi connectivity index (χ3n) is 4.57. The molecule has 5 nitrogen and oxygen atoms in total. The Morgan fingerprint density at radius 1 is 1.21 bits per heavy atom. The van der Waals surface area contributed by atoms with Crippen molar-refractivity contribution in [1.82, 2.24) is 19.7 Å². The maximum Gasteiger partial charge on any atom is 0.138 e. The first-order valence-electron chi connectivity index (χ1n) is 7.49. The lowest BCUT2D eigenvalue weighted by Crippen LogP contribution is -2.33. The molecule has 19 heavy (non-hydrogen) atoms. The van der Waals surface area contributed by atoms with Gasteiger partial charge in [0.25, 0.3) is 0 Å². The van der Waals surface area contributed by atoms with Crippen LogP contribution in [0.25, 0.3) is 0 Å². The van der Waals surface area contributed by atoms with Crippen LogP contribution < -0.4 is 0 Å². The Morgan fingerprint density at radius 2 is 2.05 bits per heavy atom. The molecule has 106 valence electrons. The quantitative estimate of drug-likeness (QED) is 0.886. The normalized spacial score (nSPS) is 28.3. The SMILES string of the molecule is CN1CCCC(Cc2nnc3n2CCCC3CO)C1. The monoisotopic (exact) mass is 264 g/mol. The highest BCUT2D eigenvalue weighted by molar-refractivity contribution is 5.06. The van der Waals surface area contributed by atoms with E-state index in [1.165, 1.54) is 25.9 Å². The molecule has 0 saturated carbocycles. The molecule has 2 aliphatic heterocycles. The molecule has 2 atom stereocenters. The number of aliphatic hydroxyl groups excluding tert-OH is 1. The van der Waals surface area contributed by atoms with Crippen LogP contribution in [-0.2, 0) is 13.0 Å². The molecule has 1 aromatic heterocycles. The first-order valence-corrected chi connectivity index (χ1v) is 7.49. The fourth-order valence-corrected chi connectivity index (χ4v) is 3.54. The molecule has 0 spiro atoms. The highest BCUT2D eigenvalue weighted by Crippen LogP contribution is 2.27. The van der Waals surface area contributed by atoms with Crippen molar-refractivity contribution in [3.63, 3.8) is 0 Å². The number of nitrogens with zero attached hydrogens (tertiary/aromatic N) is 4. The molecular formula is C14H24N4O. The minimum Gasteiger partial charge on any atom is -0.396 e. The molecule has 0 bridgehead atoms. The van der Waals surface area contributed by atoms with E-state index in [9.17, 15) is 5.11 Å². The van der Waals surface area contributed by atoms with Crippen molar-refractivity contribution in [3.05, 3.63) is 11.6 Å². The molecule has 1 fully saturated rings. The number of hydrogen-bond donors (Lipinski definition) is 1. The molecule has 1 aromatic rings. The van der Waals surface area contributed by atoms with Gasteiger partial charge >= 0.3 is 0 Å². The topological polar surface area (TPSA) is 54.2 Å². The molecule has 2 aliphatic rings. The van der Waals surface area contributed by atoms with Crippen LogP contribution in [-0.4, -0.2) is 51.5 Å². The van der Waals surface area contributed by atoms with E-state index in [0.717, 1.165) is 37.5 Å². The van der Waals surface area contributed by atoms with Gasteiger partial charge in [0.15, 0.2) is 0 Å². The molecule has 0 aliphatic carbocycles. The molecule has 1 N–H and O–H groups in total. The van der Waals surface area contributed by atoms with Crippen molar-refractivity contribution in [1.29, 1.82) is 0 Å². The van der Waals surface area contributed by atoms with Crippen LogP contribution in [0.15, 0.2) is 0 Å². The van der Waals surface area contributed by atoms with E-state index in [-0.39, 0.29) is 12.5 Å². The largest absolute Gasteiger partial charge is 0.396 e. The smallest absolute Gasteiger partial charge is 0.138 e. The van der Waals surface area contributed by atoms with Gasteiger partial charge in [0.1, 0.15) is 11.6 Å². The lowest BCUT2D eigenvalue weighted by molar-refractivity contribution is 0.205. The molecule has 3 heterocycles. The molecule has 0 radical (unpaired) electrons. The summed E-state index contributed by atoms with van der Waals surface area (Å²) in [4.78, 5) is 2.41. The van der Waals surface area contributed by atoms with Crippen LogP contribution >= 0.6 is 0 Å². The average Bonchev–Trinajstić information content (AvgIpc) is 2.82. The third kappa shape index (κ3) is 2.67. The zero-order valence-electron chi connectivity index (χ0n) is 11.8. The van der Waals surface area contributed by atoms with E-state index < -0.39 is 0 Å². The molecule has 0 amide bonds. The number of aromatic nitrogens is 3. The Morgan fingerprint density at radius 3 is 2.84 bits per heavy atom. The highest BCUT2D eigenvalue weighted by Gasteiger charge is 2.26. The van der Waals surface area contributed by atoms with Crippen molar-refractivity contribution in [2.45, 2.75) is 44.6 Å². The predicted octanol–water partition coefficient (Wildman–Crippen LogP) is 1.03. The summed E-state index contributed by atoms with van der Waals surface area (Å²) in [6, 6.07) is 0. The lowest BCUT2D eigenvalue weighted by atomic mass is 9.94. The summed E-state index contributed by atoms with van der Waals surface area (Å²) in [5.74, 6) is 3.05. The minimum absolute atomic E-state index is 0.198. The van der Waals surface area contributed by atoms with Gasteiger partial charge in [-0.3, -0.25) is 0 Å². The Kier molecular flexibility index (Phi) is 3.84. The number of hydrogen-bond acceptors (Lipinski definition) is 4. The van der Waals surface area contributed by atoms with Crippen LogP contribution in [0.2, 0.25) is 0 Å². The van der Waals surface area contributed by atoms with Gasteiger partial charge in [0.2, 0.25) is 0 Å². The Labute approximate surface area is 114 Å². The summed E-state index contributed by atoms with van der Waals surface area (Å²) in [6.07, 6.45) is 5.81. The van der Waals surface area contributed by atoms with E-state index in [1.54, 1.807) is 0 Å². The molecular weight excluding hydrogens is 240 g/mol. The zero-order chi connectivity index (χ0) is 13.2. The zero-order valence-corrected chi connectivity index (χ0v) is 11.8. The van der Waals surface area contributed by atoms with Crippen LogP contribution in [0.4, 0.5) is 0 Å². The fourth-order valence-electron chi connectivity index (χ4n) is 3.54. The minimum atomic E-state index is 0.198. The van der Waals surface area contributed by atoms with Gasteiger partial charge in [-0.1, -0.05) is 0 Å². The first kappa shape index (κ1) is 13.1. The van der Waals surface area contributed by atoms with Gasteiger partial charge in [-0.25, -0.2) is 0 Å². The summed E-state index contributed by atoms with van der Waals surface area (Å²) in [6.45, 7) is 3.62. The average molecular weight is 264 g/mol. The number of rotatable bonds is 3. The molecule has 5 heteroatoms. The highest BCUT2D eigenvalue weighted by atomic mass is 16.3. The number of likely N-dealkylation sites (tertiary alicyclic amines) is 1. The summed E-state index contributed by atoms with van der Waals surface area (Å²) < 4.78 is 2.26. The first-order chi connectivity index (χ1) is 9.28. The molecule has 2 unspecified atom stereocenters.